The molecule has 0 N–H and O–H groups in total. The Kier molecular flexibility index (Phi) is 4.51. The molecule has 2 aromatic rings. The van der Waals surface area contributed by atoms with Crippen molar-refractivity contribution in [3.05, 3.63) is 60.2 Å². The molecule has 1 unspecified atom stereocenters. The third-order valence-corrected chi connectivity index (χ3v) is 4.43. The molecule has 0 saturated carbocycles. The van der Waals surface area contributed by atoms with Crippen molar-refractivity contribution in [3.8, 4) is 5.75 Å². The number of hydrogen-bond acceptors (Lipinski definition) is 2. The van der Waals surface area contributed by atoms with Gasteiger partial charge in [0, 0.05) is 19.3 Å². The Hall–Kier alpha value is -2.49. The molecule has 3 rings (SSSR count). The van der Waals surface area contributed by atoms with Gasteiger partial charge in [0.15, 0.2) is 0 Å². The molecular weight excluding hydrogens is 288 g/mol. The second-order valence-corrected chi connectivity index (χ2v) is 5.80. The third kappa shape index (κ3) is 3.16. The second kappa shape index (κ2) is 6.73. The van der Waals surface area contributed by atoms with Gasteiger partial charge in [-0.2, -0.15) is 0 Å². The number of carbonyl (C=O) groups excluding carboxylic acids is 1. The molecule has 1 aliphatic heterocycles. The molecule has 0 spiro atoms. The van der Waals surface area contributed by atoms with E-state index in [4.69, 9.17) is 4.74 Å². The van der Waals surface area contributed by atoms with Crippen molar-refractivity contribution in [1.82, 2.24) is 4.90 Å². The minimum absolute atomic E-state index is 0.0431. The zero-order chi connectivity index (χ0) is 16.2. The number of hydrogen-bond donors (Lipinski definition) is 0. The Morgan fingerprint density at radius 3 is 2.48 bits per heavy atom. The predicted molar refractivity (Wildman–Crippen MR) is 91.9 cm³/mol. The number of amides is 2. The van der Waals surface area contributed by atoms with Gasteiger partial charge in [0.05, 0.1) is 13.2 Å². The highest BCUT2D eigenvalue weighted by Gasteiger charge is 2.31. The molecule has 0 bridgehead atoms. The van der Waals surface area contributed by atoms with Crippen molar-refractivity contribution in [2.24, 2.45) is 0 Å². The summed E-state index contributed by atoms with van der Waals surface area (Å²) in [6, 6.07) is 18.0. The van der Waals surface area contributed by atoms with Crippen LogP contribution in [-0.2, 0) is 0 Å². The molecule has 1 aliphatic rings. The van der Waals surface area contributed by atoms with Gasteiger partial charge < -0.3 is 9.64 Å². The molecule has 0 aromatic heterocycles. The molecule has 1 atom stereocenters. The number of anilines is 1. The van der Waals surface area contributed by atoms with E-state index in [-0.39, 0.29) is 12.1 Å². The highest BCUT2D eigenvalue weighted by atomic mass is 16.5. The van der Waals surface area contributed by atoms with E-state index in [9.17, 15) is 4.79 Å². The van der Waals surface area contributed by atoms with E-state index < -0.39 is 0 Å². The van der Waals surface area contributed by atoms with Gasteiger partial charge >= 0.3 is 6.03 Å². The lowest BCUT2D eigenvalue weighted by atomic mass is 10.1. The van der Waals surface area contributed by atoms with Crippen LogP contribution in [0.4, 0.5) is 10.5 Å². The van der Waals surface area contributed by atoms with Gasteiger partial charge in [0.2, 0.25) is 0 Å². The van der Waals surface area contributed by atoms with Crippen LogP contribution in [0.2, 0.25) is 0 Å². The largest absolute Gasteiger partial charge is 0.497 e. The highest BCUT2D eigenvalue weighted by Crippen LogP contribution is 2.33. The van der Waals surface area contributed by atoms with Gasteiger partial charge in [0.1, 0.15) is 5.75 Å². The van der Waals surface area contributed by atoms with Crippen LogP contribution < -0.4 is 9.64 Å². The maximum atomic E-state index is 12.9. The topological polar surface area (TPSA) is 32.8 Å². The van der Waals surface area contributed by atoms with Gasteiger partial charge in [-0.15, -0.1) is 0 Å². The second-order valence-electron chi connectivity index (χ2n) is 5.80. The molecule has 4 heteroatoms. The number of rotatable bonds is 3. The van der Waals surface area contributed by atoms with E-state index in [1.165, 1.54) is 5.56 Å². The summed E-state index contributed by atoms with van der Waals surface area (Å²) >= 11 is 0. The maximum Gasteiger partial charge on any atom is 0.324 e. The van der Waals surface area contributed by atoms with Crippen molar-refractivity contribution in [3.63, 3.8) is 0 Å². The standard InChI is InChI=1S/C19H22N2O2/c1-20(16-10-12-17(23-2)13-11-16)19(22)21-14-6-9-18(21)15-7-4-3-5-8-15/h3-5,7-8,10-13,18H,6,9,14H2,1-2H3. The molecular formula is C19H22N2O2. The maximum absolute atomic E-state index is 12.9. The van der Waals surface area contributed by atoms with E-state index in [1.807, 2.05) is 54.4 Å². The van der Waals surface area contributed by atoms with Gasteiger partial charge in [-0.3, -0.25) is 4.90 Å². The Bertz CT molecular complexity index is 655. The van der Waals surface area contributed by atoms with Crippen LogP contribution in [0.3, 0.4) is 0 Å². The Morgan fingerprint density at radius 2 is 1.83 bits per heavy atom. The van der Waals surface area contributed by atoms with E-state index in [2.05, 4.69) is 12.1 Å². The Labute approximate surface area is 137 Å². The number of likely N-dealkylation sites (tertiary alicyclic amines) is 1. The van der Waals surface area contributed by atoms with Gasteiger partial charge in [-0.25, -0.2) is 4.79 Å². The predicted octanol–water partition coefficient (Wildman–Crippen LogP) is 4.09. The normalized spacial score (nSPS) is 17.1. The smallest absolute Gasteiger partial charge is 0.324 e. The average Bonchev–Trinajstić information content (AvgIpc) is 3.11. The molecule has 120 valence electrons. The molecule has 1 heterocycles. The third-order valence-electron chi connectivity index (χ3n) is 4.43. The van der Waals surface area contributed by atoms with Crippen molar-refractivity contribution in [2.45, 2.75) is 18.9 Å². The van der Waals surface area contributed by atoms with Crippen LogP contribution in [0.5, 0.6) is 5.75 Å². The first-order chi connectivity index (χ1) is 11.2. The molecule has 23 heavy (non-hydrogen) atoms. The lowest BCUT2D eigenvalue weighted by Crippen LogP contribution is -2.40. The lowest BCUT2D eigenvalue weighted by molar-refractivity contribution is 0.201. The lowest BCUT2D eigenvalue weighted by Gasteiger charge is -2.30. The van der Waals surface area contributed by atoms with Gasteiger partial charge in [-0.05, 0) is 42.7 Å². The molecule has 1 saturated heterocycles. The van der Waals surface area contributed by atoms with E-state index in [0.29, 0.717) is 0 Å². The van der Waals surface area contributed by atoms with E-state index >= 15 is 0 Å². The first-order valence-electron chi connectivity index (χ1n) is 7.94. The number of ether oxygens (including phenoxy) is 1. The fourth-order valence-electron chi connectivity index (χ4n) is 3.13. The van der Waals surface area contributed by atoms with Crippen LogP contribution in [0.25, 0.3) is 0 Å². The monoisotopic (exact) mass is 310 g/mol. The van der Waals surface area contributed by atoms with Crippen molar-refractivity contribution >= 4 is 11.7 Å². The van der Waals surface area contributed by atoms with Crippen LogP contribution in [0, 0.1) is 0 Å². The first-order valence-corrected chi connectivity index (χ1v) is 7.94. The Morgan fingerprint density at radius 1 is 1.13 bits per heavy atom. The van der Waals surface area contributed by atoms with Crippen molar-refractivity contribution < 1.29 is 9.53 Å². The summed E-state index contributed by atoms with van der Waals surface area (Å²) in [5, 5.41) is 0. The summed E-state index contributed by atoms with van der Waals surface area (Å²) in [5.74, 6) is 0.790. The summed E-state index contributed by atoms with van der Waals surface area (Å²) in [6.45, 7) is 0.804. The summed E-state index contributed by atoms with van der Waals surface area (Å²) < 4.78 is 5.17. The van der Waals surface area contributed by atoms with Gasteiger partial charge in [0.25, 0.3) is 0 Å². The molecule has 2 aromatic carbocycles. The summed E-state index contributed by atoms with van der Waals surface area (Å²) in [4.78, 5) is 16.6. The van der Waals surface area contributed by atoms with Crippen LogP contribution in [0.15, 0.2) is 54.6 Å². The van der Waals surface area contributed by atoms with E-state index in [1.54, 1.807) is 12.0 Å². The van der Waals surface area contributed by atoms with E-state index in [0.717, 1.165) is 30.8 Å². The highest BCUT2D eigenvalue weighted by molar-refractivity contribution is 5.92. The number of nitrogens with zero attached hydrogens (tertiary/aromatic N) is 2. The molecule has 0 aliphatic carbocycles. The van der Waals surface area contributed by atoms with Gasteiger partial charge in [-0.1, -0.05) is 30.3 Å². The molecule has 0 radical (unpaired) electrons. The number of carbonyl (C=O) groups is 1. The van der Waals surface area contributed by atoms with Crippen LogP contribution in [-0.4, -0.2) is 31.6 Å². The number of benzene rings is 2. The van der Waals surface area contributed by atoms with Crippen LogP contribution >= 0.6 is 0 Å². The fourth-order valence-corrected chi connectivity index (χ4v) is 3.13. The minimum Gasteiger partial charge on any atom is -0.497 e. The van der Waals surface area contributed by atoms with Crippen molar-refractivity contribution in [2.75, 3.05) is 25.6 Å². The molecule has 4 nitrogen and oxygen atoms in total. The minimum atomic E-state index is 0.0431. The SMILES string of the molecule is COc1ccc(N(C)C(=O)N2CCCC2c2ccccc2)cc1. The summed E-state index contributed by atoms with van der Waals surface area (Å²) in [6.07, 6.45) is 2.06. The average molecular weight is 310 g/mol. The zero-order valence-corrected chi connectivity index (χ0v) is 13.6. The summed E-state index contributed by atoms with van der Waals surface area (Å²) in [7, 11) is 3.46. The molecule has 1 fully saturated rings. The van der Waals surface area contributed by atoms with Crippen LogP contribution in [0.1, 0.15) is 24.4 Å². The first kappa shape index (κ1) is 15.4. The molecule has 2 amide bonds. The fraction of sp³-hybridized carbons (Fsp3) is 0.316. The number of methoxy groups -OCH3 is 1. The van der Waals surface area contributed by atoms with Crippen molar-refractivity contribution in [1.29, 1.82) is 0 Å². The Balaban J connectivity index is 1.78. The zero-order valence-electron chi connectivity index (χ0n) is 13.6. The summed E-state index contributed by atoms with van der Waals surface area (Å²) in [5.41, 5.74) is 2.08. The number of urea groups is 1. The quantitative estimate of drug-likeness (QED) is 0.855.